The van der Waals surface area contributed by atoms with E-state index >= 15 is 0 Å². The Balaban J connectivity index is 0.00000361. The molecular weight excluding hydrogens is 476 g/mol. The Kier molecular flexibility index (Phi) is 7.38. The Bertz CT molecular complexity index is 1270. The monoisotopic (exact) mass is 505 g/mol. The van der Waals surface area contributed by atoms with E-state index in [0.29, 0.717) is 18.9 Å². The zero-order chi connectivity index (χ0) is 25.2. The lowest BCUT2D eigenvalue weighted by Crippen LogP contribution is -2.35. The summed E-state index contributed by atoms with van der Waals surface area (Å²) in [4.78, 5) is 14.4. The van der Waals surface area contributed by atoms with E-state index in [4.69, 9.17) is 10.00 Å². The van der Waals surface area contributed by atoms with E-state index in [1.165, 1.54) is 18.2 Å². The molecule has 10 heteroatoms. The van der Waals surface area contributed by atoms with E-state index in [1.54, 1.807) is 12.1 Å². The molecule has 1 saturated carbocycles. The predicted octanol–water partition coefficient (Wildman–Crippen LogP) is 3.94. The van der Waals surface area contributed by atoms with Crippen LogP contribution in [0.15, 0.2) is 30.3 Å². The maximum Gasteiger partial charge on any atom is 0.267 e. The smallest absolute Gasteiger partial charge is 0.267 e. The summed E-state index contributed by atoms with van der Waals surface area (Å²) in [7, 11) is -3.80. The highest BCUT2D eigenvalue weighted by Crippen LogP contribution is 2.45. The van der Waals surface area contributed by atoms with E-state index in [1.807, 2.05) is 10.8 Å². The van der Waals surface area contributed by atoms with Crippen LogP contribution in [0.4, 0.5) is 8.78 Å². The highest BCUT2D eigenvalue weighted by atomic mass is 32.2. The van der Waals surface area contributed by atoms with Gasteiger partial charge in [0.15, 0.2) is 0 Å². The van der Waals surface area contributed by atoms with E-state index in [0.717, 1.165) is 56.2 Å². The largest absolute Gasteiger partial charge is 0.493 e. The van der Waals surface area contributed by atoms with Gasteiger partial charge in [-0.3, -0.25) is 9.69 Å². The molecule has 4 rings (SSSR count). The summed E-state index contributed by atoms with van der Waals surface area (Å²) in [6, 6.07) is 9.05. The number of halogens is 2. The summed E-state index contributed by atoms with van der Waals surface area (Å²) in [5.74, 6) is -1.48. The minimum absolute atomic E-state index is 0. The van der Waals surface area contributed by atoms with Crippen LogP contribution in [-0.4, -0.2) is 45.2 Å². The molecule has 1 aliphatic heterocycles. The molecule has 188 valence electrons. The van der Waals surface area contributed by atoms with Crippen LogP contribution >= 0.6 is 0 Å². The molecule has 1 amide bonds. The van der Waals surface area contributed by atoms with Crippen molar-refractivity contribution in [1.29, 1.82) is 5.26 Å². The standard InChI is InChI=1S/C25H27F2N3O4S.H2/c1-35(32,33)29-25(31)21-11-20(18-3-4-18)24(12-23(21)27)34-15-16-6-8-30(9-7-16)14-17-2-5-22(26)19(10-17)13-28;/h2,5,10-12,16,18H,3-4,6-9,14-15H2,1H3,(H,29,31);1H. The topological polar surface area (TPSA) is 99.5 Å². The fourth-order valence-corrected chi connectivity index (χ4v) is 4.79. The number of piperidine rings is 1. The fourth-order valence-electron chi connectivity index (χ4n) is 4.34. The zero-order valence-electron chi connectivity index (χ0n) is 19.4. The maximum atomic E-state index is 14.7. The Morgan fingerprint density at radius 3 is 2.51 bits per heavy atom. The third kappa shape index (κ3) is 6.55. The molecule has 1 heterocycles. The molecule has 0 spiro atoms. The van der Waals surface area contributed by atoms with Crippen molar-refractivity contribution >= 4 is 15.9 Å². The zero-order valence-corrected chi connectivity index (χ0v) is 20.2. The van der Waals surface area contributed by atoms with Gasteiger partial charge in [-0.2, -0.15) is 5.26 Å². The quantitative estimate of drug-likeness (QED) is 0.584. The van der Waals surface area contributed by atoms with E-state index in [2.05, 4.69) is 4.90 Å². The molecule has 1 N–H and O–H groups in total. The molecule has 1 saturated heterocycles. The fraction of sp³-hybridized carbons (Fsp3) is 0.440. The second kappa shape index (κ2) is 10.3. The Morgan fingerprint density at radius 2 is 1.89 bits per heavy atom. The average Bonchev–Trinajstić information content (AvgIpc) is 3.64. The van der Waals surface area contributed by atoms with Crippen molar-refractivity contribution < 1.29 is 28.2 Å². The van der Waals surface area contributed by atoms with Gasteiger partial charge in [0.05, 0.1) is 24.0 Å². The van der Waals surface area contributed by atoms with Crippen molar-refractivity contribution in [3.63, 3.8) is 0 Å². The first-order chi connectivity index (χ1) is 16.6. The van der Waals surface area contributed by atoms with Gasteiger partial charge in [0.2, 0.25) is 10.0 Å². The maximum absolute atomic E-state index is 14.7. The van der Waals surface area contributed by atoms with Crippen molar-refractivity contribution in [2.45, 2.75) is 38.1 Å². The number of nitriles is 1. The number of ether oxygens (including phenoxy) is 1. The van der Waals surface area contributed by atoms with E-state index < -0.39 is 27.6 Å². The number of nitrogens with zero attached hydrogens (tertiary/aromatic N) is 2. The number of sulfonamides is 1. The Labute approximate surface area is 205 Å². The van der Waals surface area contributed by atoms with E-state index in [9.17, 15) is 22.0 Å². The lowest BCUT2D eigenvalue weighted by molar-refractivity contribution is 0.0977. The van der Waals surface area contributed by atoms with Crippen LogP contribution in [0.5, 0.6) is 5.75 Å². The number of rotatable bonds is 8. The number of likely N-dealkylation sites (tertiary alicyclic amines) is 1. The molecule has 2 fully saturated rings. The summed E-state index contributed by atoms with van der Waals surface area (Å²) in [5.41, 5.74) is 1.36. The minimum Gasteiger partial charge on any atom is -0.493 e. The third-order valence-electron chi connectivity index (χ3n) is 6.38. The van der Waals surface area contributed by atoms with Crippen molar-refractivity contribution in [3.8, 4) is 11.8 Å². The molecule has 0 aromatic heterocycles. The summed E-state index contributed by atoms with van der Waals surface area (Å²) in [6.07, 6.45) is 4.41. The van der Waals surface area contributed by atoms with Crippen LogP contribution in [-0.2, 0) is 16.6 Å². The van der Waals surface area contributed by atoms with E-state index in [-0.39, 0.29) is 24.4 Å². The first kappa shape index (κ1) is 25.1. The first-order valence-electron chi connectivity index (χ1n) is 11.5. The molecule has 7 nitrogen and oxygen atoms in total. The highest BCUT2D eigenvalue weighted by Gasteiger charge is 2.30. The molecule has 2 aliphatic rings. The van der Waals surface area contributed by atoms with Gasteiger partial charge in [0.1, 0.15) is 23.5 Å². The van der Waals surface area contributed by atoms with Gasteiger partial charge in [0, 0.05) is 14.0 Å². The van der Waals surface area contributed by atoms with Gasteiger partial charge in [-0.05, 0) is 79.9 Å². The van der Waals surface area contributed by atoms with Crippen LogP contribution in [0.3, 0.4) is 0 Å². The number of hydrogen-bond acceptors (Lipinski definition) is 6. The summed E-state index contributed by atoms with van der Waals surface area (Å²) >= 11 is 0. The number of amides is 1. The van der Waals surface area contributed by atoms with Gasteiger partial charge in [-0.25, -0.2) is 21.9 Å². The van der Waals surface area contributed by atoms with Gasteiger partial charge >= 0.3 is 0 Å². The van der Waals surface area contributed by atoms with Crippen LogP contribution in [0.1, 0.15) is 60.1 Å². The van der Waals surface area contributed by atoms with Crippen molar-refractivity contribution in [2.75, 3.05) is 26.0 Å². The second-order valence-corrected chi connectivity index (χ2v) is 11.1. The lowest BCUT2D eigenvalue weighted by Gasteiger charge is -2.32. The Morgan fingerprint density at radius 1 is 1.17 bits per heavy atom. The molecule has 0 atom stereocenters. The molecule has 0 bridgehead atoms. The second-order valence-electron chi connectivity index (χ2n) is 9.30. The van der Waals surface area contributed by atoms with Crippen LogP contribution in [0, 0.1) is 28.9 Å². The Hall–Kier alpha value is -3.03. The number of carbonyl (C=O) groups excluding carboxylic acids is 1. The summed E-state index contributed by atoms with van der Waals surface area (Å²) in [5, 5.41) is 9.01. The van der Waals surface area contributed by atoms with Crippen molar-refractivity contribution in [2.24, 2.45) is 5.92 Å². The van der Waals surface area contributed by atoms with Gasteiger partial charge < -0.3 is 4.74 Å². The highest BCUT2D eigenvalue weighted by molar-refractivity contribution is 7.89. The molecule has 0 radical (unpaired) electrons. The number of hydrogen-bond donors (Lipinski definition) is 1. The number of benzene rings is 2. The first-order valence-corrected chi connectivity index (χ1v) is 13.4. The van der Waals surface area contributed by atoms with Gasteiger partial charge in [-0.1, -0.05) is 6.07 Å². The summed E-state index contributed by atoms with van der Waals surface area (Å²) in [6.45, 7) is 2.69. The number of carbonyl (C=O) groups is 1. The molecule has 35 heavy (non-hydrogen) atoms. The molecule has 0 unspecified atom stereocenters. The SMILES string of the molecule is CS(=O)(=O)NC(=O)c1cc(C2CC2)c(OCC2CCN(Cc3ccc(F)c(C#N)c3)CC2)cc1F.[HH]. The number of nitrogens with one attached hydrogen (secondary N) is 1. The molecular formula is C25H29F2N3O4S. The van der Waals surface area contributed by atoms with Crippen LogP contribution in [0.2, 0.25) is 0 Å². The summed E-state index contributed by atoms with van der Waals surface area (Å²) < 4.78 is 58.7. The van der Waals surface area contributed by atoms with Crippen LogP contribution < -0.4 is 9.46 Å². The molecule has 1 aliphatic carbocycles. The van der Waals surface area contributed by atoms with Gasteiger partial charge in [0.25, 0.3) is 5.91 Å². The normalized spacial score (nSPS) is 17.1. The third-order valence-corrected chi connectivity index (χ3v) is 6.93. The lowest BCUT2D eigenvalue weighted by atomic mass is 9.97. The van der Waals surface area contributed by atoms with Crippen LogP contribution in [0.25, 0.3) is 0 Å². The predicted molar refractivity (Wildman–Crippen MR) is 127 cm³/mol. The van der Waals surface area contributed by atoms with Gasteiger partial charge in [-0.15, -0.1) is 0 Å². The molecule has 2 aromatic rings. The van der Waals surface area contributed by atoms with Crippen molar-refractivity contribution in [1.82, 2.24) is 9.62 Å². The molecule has 2 aromatic carbocycles. The average molecular weight is 506 g/mol. The van der Waals surface area contributed by atoms with Crippen molar-refractivity contribution in [3.05, 3.63) is 64.2 Å². The minimum atomic E-state index is -3.80.